The van der Waals surface area contributed by atoms with E-state index in [4.69, 9.17) is 9.52 Å². The van der Waals surface area contributed by atoms with Crippen molar-refractivity contribution in [1.82, 2.24) is 0 Å². The van der Waals surface area contributed by atoms with Gasteiger partial charge in [0.2, 0.25) is 0 Å². The van der Waals surface area contributed by atoms with Crippen molar-refractivity contribution in [3.8, 4) is 0 Å². The molecule has 0 spiro atoms. The highest BCUT2D eigenvalue weighted by molar-refractivity contribution is 7.98. The highest BCUT2D eigenvalue weighted by Gasteiger charge is 2.03. The summed E-state index contributed by atoms with van der Waals surface area (Å²) in [5, 5.41) is 8.76. The molecule has 0 saturated heterocycles. The second-order valence-corrected chi connectivity index (χ2v) is 4.01. The standard InChI is InChI=1S/C11H14O3S/c1-2-9(11(12)13)5-7-15-8-10-4-3-6-14-10/h3-6H,2,7-8H2,1H3,(H,12,13). The lowest BCUT2D eigenvalue weighted by Crippen LogP contribution is -1.99. The summed E-state index contributed by atoms with van der Waals surface area (Å²) in [5.74, 6) is 1.58. The third-order valence-corrected chi connectivity index (χ3v) is 2.82. The minimum absolute atomic E-state index is 0.474. The molecule has 3 nitrogen and oxygen atoms in total. The van der Waals surface area contributed by atoms with Gasteiger partial charge in [0, 0.05) is 11.3 Å². The zero-order valence-electron chi connectivity index (χ0n) is 8.60. The van der Waals surface area contributed by atoms with Gasteiger partial charge in [0.1, 0.15) is 5.76 Å². The van der Waals surface area contributed by atoms with Crippen molar-refractivity contribution >= 4 is 17.7 Å². The summed E-state index contributed by atoms with van der Waals surface area (Å²) >= 11 is 1.64. The van der Waals surface area contributed by atoms with E-state index in [-0.39, 0.29) is 0 Å². The lowest BCUT2D eigenvalue weighted by Gasteiger charge is -1.98. The van der Waals surface area contributed by atoms with Gasteiger partial charge in [-0.2, -0.15) is 0 Å². The predicted molar refractivity (Wildman–Crippen MR) is 60.9 cm³/mol. The molecule has 1 aromatic rings. The van der Waals surface area contributed by atoms with E-state index in [1.165, 1.54) is 0 Å². The first-order valence-corrected chi connectivity index (χ1v) is 5.92. The molecule has 0 aliphatic rings. The smallest absolute Gasteiger partial charge is 0.331 e. The summed E-state index contributed by atoms with van der Waals surface area (Å²) in [5.41, 5.74) is 0.474. The molecule has 15 heavy (non-hydrogen) atoms. The average Bonchev–Trinajstić information content (AvgIpc) is 2.70. The van der Waals surface area contributed by atoms with Crippen LogP contribution in [0.3, 0.4) is 0 Å². The molecule has 1 heterocycles. The van der Waals surface area contributed by atoms with Crippen LogP contribution in [0.5, 0.6) is 0 Å². The van der Waals surface area contributed by atoms with Crippen LogP contribution in [0.4, 0.5) is 0 Å². The van der Waals surface area contributed by atoms with E-state index in [9.17, 15) is 4.79 Å². The van der Waals surface area contributed by atoms with Gasteiger partial charge in [-0.25, -0.2) is 4.79 Å². The monoisotopic (exact) mass is 226 g/mol. The number of hydrogen-bond acceptors (Lipinski definition) is 3. The zero-order chi connectivity index (χ0) is 11.1. The maximum atomic E-state index is 10.7. The minimum atomic E-state index is -0.823. The summed E-state index contributed by atoms with van der Waals surface area (Å²) in [6.07, 6.45) is 3.97. The molecule has 0 saturated carbocycles. The van der Waals surface area contributed by atoms with Crippen LogP contribution in [0.25, 0.3) is 0 Å². The largest absolute Gasteiger partial charge is 0.478 e. The predicted octanol–water partition coefficient (Wildman–Crippen LogP) is 2.93. The minimum Gasteiger partial charge on any atom is -0.478 e. The number of carboxylic acids is 1. The van der Waals surface area contributed by atoms with E-state index < -0.39 is 5.97 Å². The molecular formula is C11H14O3S. The van der Waals surface area contributed by atoms with Gasteiger partial charge in [0.05, 0.1) is 12.0 Å². The van der Waals surface area contributed by atoms with E-state index in [1.807, 2.05) is 19.1 Å². The molecular weight excluding hydrogens is 212 g/mol. The van der Waals surface area contributed by atoms with Crippen LogP contribution in [-0.4, -0.2) is 16.8 Å². The van der Waals surface area contributed by atoms with Crippen molar-refractivity contribution in [3.63, 3.8) is 0 Å². The van der Waals surface area contributed by atoms with Gasteiger partial charge in [-0.05, 0) is 18.6 Å². The summed E-state index contributed by atoms with van der Waals surface area (Å²) in [4.78, 5) is 10.7. The van der Waals surface area contributed by atoms with Gasteiger partial charge < -0.3 is 9.52 Å². The fourth-order valence-corrected chi connectivity index (χ4v) is 1.90. The molecule has 0 aromatic carbocycles. The maximum Gasteiger partial charge on any atom is 0.331 e. The quantitative estimate of drug-likeness (QED) is 0.598. The summed E-state index contributed by atoms with van der Waals surface area (Å²) in [6, 6.07) is 3.76. The molecule has 0 fully saturated rings. The highest BCUT2D eigenvalue weighted by atomic mass is 32.2. The lowest BCUT2D eigenvalue weighted by atomic mass is 10.2. The molecule has 0 aliphatic heterocycles. The molecule has 4 heteroatoms. The molecule has 1 aromatic heterocycles. The summed E-state index contributed by atoms with van der Waals surface area (Å²) < 4.78 is 5.16. The Kier molecular flexibility index (Phi) is 5.04. The third-order valence-electron chi connectivity index (χ3n) is 1.93. The van der Waals surface area contributed by atoms with Crippen molar-refractivity contribution in [3.05, 3.63) is 35.8 Å². The topological polar surface area (TPSA) is 50.4 Å². The van der Waals surface area contributed by atoms with Gasteiger partial charge in [-0.15, -0.1) is 11.8 Å². The molecule has 0 radical (unpaired) electrons. The Morgan fingerprint density at radius 3 is 3.00 bits per heavy atom. The van der Waals surface area contributed by atoms with E-state index in [0.717, 1.165) is 11.5 Å². The molecule has 0 aliphatic carbocycles. The first-order chi connectivity index (χ1) is 7.24. The maximum absolute atomic E-state index is 10.7. The molecule has 0 amide bonds. The SMILES string of the molecule is CCC(=CCSCc1ccco1)C(=O)O. The number of hydrogen-bond donors (Lipinski definition) is 1. The molecule has 82 valence electrons. The molecule has 0 unspecified atom stereocenters. The van der Waals surface area contributed by atoms with Crippen molar-refractivity contribution in [2.24, 2.45) is 0 Å². The number of rotatable bonds is 6. The highest BCUT2D eigenvalue weighted by Crippen LogP contribution is 2.13. The second kappa shape index (κ2) is 6.35. The van der Waals surface area contributed by atoms with Crippen LogP contribution in [0.1, 0.15) is 19.1 Å². The van der Waals surface area contributed by atoms with Crippen molar-refractivity contribution < 1.29 is 14.3 Å². The van der Waals surface area contributed by atoms with Crippen LogP contribution < -0.4 is 0 Å². The number of thioether (sulfide) groups is 1. The van der Waals surface area contributed by atoms with Gasteiger partial charge in [-0.1, -0.05) is 13.0 Å². The van der Waals surface area contributed by atoms with E-state index in [2.05, 4.69) is 0 Å². The molecule has 1 rings (SSSR count). The lowest BCUT2D eigenvalue weighted by molar-refractivity contribution is -0.132. The van der Waals surface area contributed by atoms with Crippen LogP contribution in [0.2, 0.25) is 0 Å². The van der Waals surface area contributed by atoms with Gasteiger partial charge in [0.25, 0.3) is 0 Å². The Morgan fingerprint density at radius 1 is 1.67 bits per heavy atom. The molecule has 0 atom stereocenters. The summed E-state index contributed by atoms with van der Waals surface area (Å²) in [7, 11) is 0. The Morgan fingerprint density at radius 2 is 2.47 bits per heavy atom. The Labute approximate surface area is 93.2 Å². The first-order valence-electron chi connectivity index (χ1n) is 4.76. The fraction of sp³-hybridized carbons (Fsp3) is 0.364. The average molecular weight is 226 g/mol. The number of furan rings is 1. The number of carbonyl (C=O) groups is 1. The van der Waals surface area contributed by atoms with Crippen molar-refractivity contribution in [2.75, 3.05) is 5.75 Å². The van der Waals surface area contributed by atoms with Crippen LogP contribution in [-0.2, 0) is 10.5 Å². The number of aliphatic carboxylic acids is 1. The van der Waals surface area contributed by atoms with Gasteiger partial charge >= 0.3 is 5.97 Å². The van der Waals surface area contributed by atoms with Gasteiger partial charge in [0.15, 0.2) is 0 Å². The van der Waals surface area contributed by atoms with Crippen LogP contribution in [0.15, 0.2) is 34.5 Å². The normalized spacial score (nSPS) is 11.7. The second-order valence-electron chi connectivity index (χ2n) is 2.98. The van der Waals surface area contributed by atoms with E-state index in [0.29, 0.717) is 17.7 Å². The fourth-order valence-electron chi connectivity index (χ4n) is 1.10. The zero-order valence-corrected chi connectivity index (χ0v) is 9.42. The first kappa shape index (κ1) is 11.9. The summed E-state index contributed by atoms with van der Waals surface area (Å²) in [6.45, 7) is 1.84. The Bertz CT molecular complexity index is 328. The van der Waals surface area contributed by atoms with Crippen LogP contribution in [0, 0.1) is 0 Å². The van der Waals surface area contributed by atoms with Crippen molar-refractivity contribution in [1.29, 1.82) is 0 Å². The molecule has 0 bridgehead atoms. The van der Waals surface area contributed by atoms with Crippen molar-refractivity contribution in [2.45, 2.75) is 19.1 Å². The van der Waals surface area contributed by atoms with Gasteiger partial charge in [-0.3, -0.25) is 0 Å². The Balaban J connectivity index is 2.28. The Hall–Kier alpha value is -1.16. The van der Waals surface area contributed by atoms with E-state index >= 15 is 0 Å². The molecule has 1 N–H and O–H groups in total. The van der Waals surface area contributed by atoms with Crippen LogP contribution >= 0.6 is 11.8 Å². The van der Waals surface area contributed by atoms with E-state index in [1.54, 1.807) is 24.1 Å². The third kappa shape index (κ3) is 4.25. The number of carboxylic acid groups (broad SMARTS) is 1.